The third kappa shape index (κ3) is 5.66. The van der Waals surface area contributed by atoms with Gasteiger partial charge in [-0.3, -0.25) is 4.79 Å². The molecule has 1 N–H and O–H groups in total. The van der Waals surface area contributed by atoms with E-state index in [1.807, 2.05) is 13.8 Å². The van der Waals surface area contributed by atoms with Gasteiger partial charge in [0.2, 0.25) is 5.91 Å². The quantitative estimate of drug-likeness (QED) is 0.634. The van der Waals surface area contributed by atoms with Gasteiger partial charge in [-0.1, -0.05) is 23.7 Å². The van der Waals surface area contributed by atoms with Crippen LogP contribution in [0.1, 0.15) is 25.0 Å². The predicted molar refractivity (Wildman–Crippen MR) is 93.1 cm³/mol. The van der Waals surface area contributed by atoms with Crippen molar-refractivity contribution < 1.29 is 13.9 Å². The summed E-state index contributed by atoms with van der Waals surface area (Å²) in [6, 6.07) is 11.0. The molecule has 0 unspecified atom stereocenters. The van der Waals surface area contributed by atoms with E-state index in [1.165, 1.54) is 18.3 Å². The number of nitrogens with zero attached hydrogens (tertiary/aromatic N) is 1. The van der Waals surface area contributed by atoms with Gasteiger partial charge >= 0.3 is 0 Å². The Kier molecular flexibility index (Phi) is 6.32. The van der Waals surface area contributed by atoms with Gasteiger partial charge in [-0.2, -0.15) is 5.10 Å². The summed E-state index contributed by atoms with van der Waals surface area (Å²) in [7, 11) is 0. The van der Waals surface area contributed by atoms with Crippen LogP contribution >= 0.6 is 11.6 Å². The average Bonchev–Trinajstić information content (AvgIpc) is 2.52. The van der Waals surface area contributed by atoms with Crippen molar-refractivity contribution in [3.63, 3.8) is 0 Å². The second kappa shape index (κ2) is 8.45. The Balaban J connectivity index is 1.90. The van der Waals surface area contributed by atoms with Crippen molar-refractivity contribution >= 4 is 23.7 Å². The van der Waals surface area contributed by atoms with Crippen molar-refractivity contribution in [1.29, 1.82) is 0 Å². The fraction of sp³-hybridized carbons (Fsp3) is 0.222. The Morgan fingerprint density at radius 3 is 2.62 bits per heavy atom. The third-order valence-electron chi connectivity index (χ3n) is 3.00. The first-order valence-corrected chi connectivity index (χ1v) is 7.84. The first-order chi connectivity index (χ1) is 11.4. The van der Waals surface area contributed by atoms with Crippen LogP contribution in [0.15, 0.2) is 47.6 Å². The molecule has 0 radical (unpaired) electrons. The highest BCUT2D eigenvalue weighted by Crippen LogP contribution is 2.25. The first-order valence-electron chi connectivity index (χ1n) is 7.46. The summed E-state index contributed by atoms with van der Waals surface area (Å²) in [4.78, 5) is 11.8. The van der Waals surface area contributed by atoms with Crippen molar-refractivity contribution in [3.8, 4) is 5.75 Å². The molecule has 0 aliphatic carbocycles. The molecule has 0 atom stereocenters. The molecule has 4 nitrogen and oxygen atoms in total. The predicted octanol–water partition coefficient (Wildman–Crippen LogP) is 3.96. The van der Waals surface area contributed by atoms with E-state index in [4.69, 9.17) is 16.3 Å². The number of carbonyl (C=O) groups is 1. The Morgan fingerprint density at radius 1 is 1.29 bits per heavy atom. The highest BCUT2D eigenvalue weighted by Gasteiger charge is 2.05. The topological polar surface area (TPSA) is 50.7 Å². The van der Waals surface area contributed by atoms with Crippen LogP contribution in [-0.2, 0) is 11.2 Å². The number of halogens is 2. The van der Waals surface area contributed by atoms with Crippen molar-refractivity contribution in [3.05, 3.63) is 64.4 Å². The smallest absolute Gasteiger partial charge is 0.244 e. The summed E-state index contributed by atoms with van der Waals surface area (Å²) in [6.07, 6.45) is 1.65. The molecule has 0 fully saturated rings. The summed E-state index contributed by atoms with van der Waals surface area (Å²) in [5.74, 6) is -0.0215. The standard InChI is InChI=1S/C18H18ClFN2O2/c1-12(2)24-17-8-5-14(9-16(17)19)11-21-22-18(23)10-13-3-6-15(20)7-4-13/h3-9,11-12H,10H2,1-2H3,(H,22,23)/b21-11+. The summed E-state index contributed by atoms with van der Waals surface area (Å²) in [5.41, 5.74) is 3.87. The van der Waals surface area contributed by atoms with Gasteiger partial charge in [0.25, 0.3) is 0 Å². The molecule has 0 saturated heterocycles. The van der Waals surface area contributed by atoms with Crippen LogP contribution in [0.25, 0.3) is 0 Å². The van der Waals surface area contributed by atoms with Gasteiger partial charge in [-0.15, -0.1) is 0 Å². The number of hydrogen-bond donors (Lipinski definition) is 1. The van der Waals surface area contributed by atoms with Crippen LogP contribution in [0.3, 0.4) is 0 Å². The molecule has 2 aromatic carbocycles. The maximum atomic E-state index is 12.8. The lowest BCUT2D eigenvalue weighted by Gasteiger charge is -2.11. The van der Waals surface area contributed by atoms with E-state index in [0.717, 1.165) is 5.56 Å². The van der Waals surface area contributed by atoms with Crippen LogP contribution in [0.5, 0.6) is 5.75 Å². The number of ether oxygens (including phenoxy) is 1. The lowest BCUT2D eigenvalue weighted by molar-refractivity contribution is -0.120. The molecule has 2 aromatic rings. The van der Waals surface area contributed by atoms with Gasteiger partial charge in [0.05, 0.1) is 23.8 Å². The molecule has 0 heterocycles. The Bertz CT molecular complexity index is 730. The zero-order valence-electron chi connectivity index (χ0n) is 13.4. The molecule has 0 aliphatic heterocycles. The van der Waals surface area contributed by atoms with E-state index in [2.05, 4.69) is 10.5 Å². The van der Waals surface area contributed by atoms with E-state index in [-0.39, 0.29) is 24.2 Å². The summed E-state index contributed by atoms with van der Waals surface area (Å²) >= 11 is 6.13. The van der Waals surface area contributed by atoms with Gasteiger partial charge < -0.3 is 4.74 Å². The maximum absolute atomic E-state index is 12.8. The minimum Gasteiger partial charge on any atom is -0.489 e. The van der Waals surface area contributed by atoms with E-state index >= 15 is 0 Å². The Morgan fingerprint density at radius 2 is 2.00 bits per heavy atom. The van der Waals surface area contributed by atoms with Crippen LogP contribution < -0.4 is 10.2 Å². The van der Waals surface area contributed by atoms with Gasteiger partial charge in [0.15, 0.2) is 0 Å². The van der Waals surface area contributed by atoms with Gasteiger partial charge in [0.1, 0.15) is 11.6 Å². The van der Waals surface area contributed by atoms with Crippen molar-refractivity contribution in [2.24, 2.45) is 5.10 Å². The molecule has 1 amide bonds. The lowest BCUT2D eigenvalue weighted by atomic mass is 10.1. The minimum absolute atomic E-state index is 0.0350. The zero-order chi connectivity index (χ0) is 17.5. The second-order valence-electron chi connectivity index (χ2n) is 5.45. The molecule has 0 saturated carbocycles. The molecule has 0 aromatic heterocycles. The van der Waals surface area contributed by atoms with E-state index < -0.39 is 0 Å². The number of hydrogen-bond acceptors (Lipinski definition) is 3. The van der Waals surface area contributed by atoms with E-state index in [9.17, 15) is 9.18 Å². The maximum Gasteiger partial charge on any atom is 0.244 e. The molecular formula is C18H18ClFN2O2. The van der Waals surface area contributed by atoms with E-state index in [1.54, 1.807) is 30.3 Å². The number of amides is 1. The largest absolute Gasteiger partial charge is 0.489 e. The highest BCUT2D eigenvalue weighted by atomic mass is 35.5. The molecule has 0 aliphatic rings. The van der Waals surface area contributed by atoms with Crippen molar-refractivity contribution in [2.75, 3.05) is 0 Å². The zero-order valence-corrected chi connectivity index (χ0v) is 14.2. The van der Waals surface area contributed by atoms with Crippen LogP contribution in [-0.4, -0.2) is 18.2 Å². The second-order valence-corrected chi connectivity index (χ2v) is 5.86. The van der Waals surface area contributed by atoms with Gasteiger partial charge in [0, 0.05) is 0 Å². The lowest BCUT2D eigenvalue weighted by Crippen LogP contribution is -2.19. The molecule has 24 heavy (non-hydrogen) atoms. The summed E-state index contributed by atoms with van der Waals surface area (Å²) < 4.78 is 18.3. The van der Waals surface area contributed by atoms with Gasteiger partial charge in [-0.25, -0.2) is 9.82 Å². The number of benzene rings is 2. The number of hydrazone groups is 1. The summed E-state index contributed by atoms with van der Waals surface area (Å²) in [5, 5.41) is 4.37. The fourth-order valence-corrected chi connectivity index (χ4v) is 2.19. The molecule has 2 rings (SSSR count). The summed E-state index contributed by atoms with van der Waals surface area (Å²) in [6.45, 7) is 3.84. The van der Waals surface area contributed by atoms with Crippen LogP contribution in [0.4, 0.5) is 4.39 Å². The molecule has 6 heteroatoms. The average molecular weight is 349 g/mol. The molecular weight excluding hydrogens is 331 g/mol. The molecule has 0 bridgehead atoms. The fourth-order valence-electron chi connectivity index (χ4n) is 1.95. The normalized spacial score (nSPS) is 11.0. The highest BCUT2D eigenvalue weighted by molar-refractivity contribution is 6.32. The number of rotatable bonds is 6. The van der Waals surface area contributed by atoms with E-state index in [0.29, 0.717) is 16.3 Å². The Labute approximate surface area is 145 Å². The van der Waals surface area contributed by atoms with Crippen molar-refractivity contribution in [2.45, 2.75) is 26.4 Å². The third-order valence-corrected chi connectivity index (χ3v) is 3.29. The monoisotopic (exact) mass is 348 g/mol. The molecule has 0 spiro atoms. The number of nitrogens with one attached hydrogen (secondary N) is 1. The number of carbonyl (C=O) groups excluding carboxylic acids is 1. The van der Waals surface area contributed by atoms with Crippen molar-refractivity contribution in [1.82, 2.24) is 5.43 Å². The van der Waals surface area contributed by atoms with Gasteiger partial charge in [-0.05, 0) is 55.3 Å². The first kappa shape index (κ1) is 17.9. The van der Waals surface area contributed by atoms with Crippen LogP contribution in [0, 0.1) is 5.82 Å². The van der Waals surface area contributed by atoms with Crippen LogP contribution in [0.2, 0.25) is 5.02 Å². The SMILES string of the molecule is CC(C)Oc1ccc(/C=N/NC(=O)Cc2ccc(F)cc2)cc1Cl. The molecule has 126 valence electrons. The minimum atomic E-state index is -0.334. The Hall–Kier alpha value is -2.40.